The van der Waals surface area contributed by atoms with Gasteiger partial charge in [0.15, 0.2) is 5.82 Å². The number of hydrogen-bond donors (Lipinski definition) is 1. The average Bonchev–Trinajstić information content (AvgIpc) is 2.81. The van der Waals surface area contributed by atoms with Crippen LogP contribution in [0.2, 0.25) is 0 Å². The number of nitrogens with zero attached hydrogens (tertiary/aromatic N) is 2. The van der Waals surface area contributed by atoms with Gasteiger partial charge in [0.25, 0.3) is 0 Å². The first-order valence-corrected chi connectivity index (χ1v) is 6.36. The Balaban J connectivity index is 1.78. The van der Waals surface area contributed by atoms with Crippen molar-refractivity contribution in [2.75, 3.05) is 6.54 Å². The maximum absolute atomic E-state index is 4.93. The van der Waals surface area contributed by atoms with Crippen LogP contribution in [-0.4, -0.2) is 16.7 Å². The number of aryl methyl sites for hydroxylation is 2. The van der Waals surface area contributed by atoms with Crippen LogP contribution >= 0.6 is 0 Å². The summed E-state index contributed by atoms with van der Waals surface area (Å²) in [6.07, 6.45) is 1.87. The van der Waals surface area contributed by atoms with Gasteiger partial charge in [0.05, 0.1) is 0 Å². The summed E-state index contributed by atoms with van der Waals surface area (Å²) in [6, 6.07) is 8.52. The molecule has 0 bridgehead atoms. The van der Waals surface area contributed by atoms with E-state index in [-0.39, 0.29) is 0 Å². The quantitative estimate of drug-likeness (QED) is 0.793. The Labute approximate surface area is 107 Å². The van der Waals surface area contributed by atoms with Gasteiger partial charge in [0.2, 0.25) is 5.89 Å². The standard InChI is InChI=1S/C14H19N3O/c1-3-12-6-4-5-7-13(12)10-15-9-8-14-16-11(2)18-17-14/h4-7,15H,3,8-10H2,1-2H3. The van der Waals surface area contributed by atoms with Gasteiger partial charge in [-0.1, -0.05) is 36.3 Å². The summed E-state index contributed by atoms with van der Waals surface area (Å²) in [4.78, 5) is 4.17. The van der Waals surface area contributed by atoms with Crippen LogP contribution in [0.25, 0.3) is 0 Å². The minimum absolute atomic E-state index is 0.626. The van der Waals surface area contributed by atoms with Crippen molar-refractivity contribution in [1.82, 2.24) is 15.5 Å². The van der Waals surface area contributed by atoms with Crippen LogP contribution in [0.5, 0.6) is 0 Å². The highest BCUT2D eigenvalue weighted by molar-refractivity contribution is 5.26. The molecule has 0 aliphatic rings. The van der Waals surface area contributed by atoms with Crippen molar-refractivity contribution < 1.29 is 4.52 Å². The molecule has 2 rings (SSSR count). The van der Waals surface area contributed by atoms with Crippen molar-refractivity contribution in [1.29, 1.82) is 0 Å². The number of nitrogens with one attached hydrogen (secondary N) is 1. The molecule has 1 aromatic heterocycles. The van der Waals surface area contributed by atoms with Crippen molar-refractivity contribution in [2.24, 2.45) is 0 Å². The third-order valence-corrected chi connectivity index (χ3v) is 2.91. The summed E-state index contributed by atoms with van der Waals surface area (Å²) in [7, 11) is 0. The largest absolute Gasteiger partial charge is 0.340 e. The molecule has 1 aromatic carbocycles. The lowest BCUT2D eigenvalue weighted by Gasteiger charge is -2.08. The summed E-state index contributed by atoms with van der Waals surface area (Å²) < 4.78 is 4.93. The molecule has 0 amide bonds. The van der Waals surface area contributed by atoms with Gasteiger partial charge in [0, 0.05) is 26.4 Å². The van der Waals surface area contributed by atoms with E-state index in [4.69, 9.17) is 4.52 Å². The molecule has 96 valence electrons. The lowest BCUT2D eigenvalue weighted by Crippen LogP contribution is -2.18. The highest BCUT2D eigenvalue weighted by Gasteiger charge is 2.02. The van der Waals surface area contributed by atoms with Crippen LogP contribution in [0.15, 0.2) is 28.8 Å². The van der Waals surface area contributed by atoms with Gasteiger partial charge in [0.1, 0.15) is 0 Å². The molecule has 0 aliphatic heterocycles. The number of aromatic nitrogens is 2. The average molecular weight is 245 g/mol. The Morgan fingerprint density at radius 1 is 1.22 bits per heavy atom. The Morgan fingerprint density at radius 3 is 2.67 bits per heavy atom. The molecule has 2 aromatic rings. The SMILES string of the molecule is CCc1ccccc1CNCCc1noc(C)n1. The summed E-state index contributed by atoms with van der Waals surface area (Å²) >= 11 is 0. The summed E-state index contributed by atoms with van der Waals surface area (Å²) in [5, 5.41) is 7.28. The van der Waals surface area contributed by atoms with Crippen LogP contribution < -0.4 is 5.32 Å². The first kappa shape index (κ1) is 12.8. The highest BCUT2D eigenvalue weighted by Crippen LogP contribution is 2.08. The van der Waals surface area contributed by atoms with Gasteiger partial charge in [-0.25, -0.2) is 0 Å². The van der Waals surface area contributed by atoms with Crippen molar-refractivity contribution in [3.8, 4) is 0 Å². The fraction of sp³-hybridized carbons (Fsp3) is 0.429. The molecule has 4 heteroatoms. The predicted octanol–water partition coefficient (Wildman–Crippen LogP) is 2.27. The van der Waals surface area contributed by atoms with Gasteiger partial charge in [-0.15, -0.1) is 0 Å². The van der Waals surface area contributed by atoms with Crippen LogP contribution in [0, 0.1) is 6.92 Å². The van der Waals surface area contributed by atoms with Gasteiger partial charge in [-0.2, -0.15) is 4.98 Å². The van der Waals surface area contributed by atoms with E-state index in [1.165, 1.54) is 11.1 Å². The molecule has 0 fully saturated rings. The summed E-state index contributed by atoms with van der Waals surface area (Å²) in [6.45, 7) is 5.74. The molecule has 0 saturated carbocycles. The van der Waals surface area contributed by atoms with Gasteiger partial charge >= 0.3 is 0 Å². The van der Waals surface area contributed by atoms with E-state index in [1.54, 1.807) is 6.92 Å². The second-order valence-corrected chi connectivity index (χ2v) is 4.28. The minimum atomic E-state index is 0.626. The second kappa shape index (κ2) is 6.31. The first-order valence-electron chi connectivity index (χ1n) is 6.36. The first-order chi connectivity index (χ1) is 8.79. The normalized spacial score (nSPS) is 10.8. The molecule has 0 spiro atoms. The van der Waals surface area contributed by atoms with Crippen LogP contribution in [0.3, 0.4) is 0 Å². The molecule has 0 aliphatic carbocycles. The molecule has 0 atom stereocenters. The van der Waals surface area contributed by atoms with E-state index in [0.29, 0.717) is 5.89 Å². The van der Waals surface area contributed by atoms with E-state index in [1.807, 2.05) is 0 Å². The second-order valence-electron chi connectivity index (χ2n) is 4.28. The third-order valence-electron chi connectivity index (χ3n) is 2.91. The maximum atomic E-state index is 4.93. The van der Waals surface area contributed by atoms with E-state index >= 15 is 0 Å². The Morgan fingerprint density at radius 2 is 2.00 bits per heavy atom. The van der Waals surface area contributed by atoms with Crippen LogP contribution in [-0.2, 0) is 19.4 Å². The topological polar surface area (TPSA) is 51.0 Å². The van der Waals surface area contributed by atoms with E-state index in [0.717, 1.165) is 31.8 Å². The van der Waals surface area contributed by atoms with Gasteiger partial charge < -0.3 is 9.84 Å². The molecule has 0 saturated heterocycles. The van der Waals surface area contributed by atoms with Gasteiger partial charge in [-0.3, -0.25) is 0 Å². The fourth-order valence-corrected chi connectivity index (χ4v) is 1.94. The van der Waals surface area contributed by atoms with E-state index in [2.05, 4.69) is 46.6 Å². The third kappa shape index (κ3) is 3.40. The number of rotatable bonds is 6. The molecule has 0 radical (unpaired) electrons. The number of benzene rings is 1. The molecular weight excluding hydrogens is 226 g/mol. The highest BCUT2D eigenvalue weighted by atomic mass is 16.5. The molecule has 1 N–H and O–H groups in total. The minimum Gasteiger partial charge on any atom is -0.340 e. The van der Waals surface area contributed by atoms with Crippen molar-refractivity contribution in [3.05, 3.63) is 47.1 Å². The zero-order valence-corrected chi connectivity index (χ0v) is 10.9. The van der Waals surface area contributed by atoms with Crippen LogP contribution in [0.1, 0.15) is 29.8 Å². The zero-order chi connectivity index (χ0) is 12.8. The molecule has 0 unspecified atom stereocenters. The van der Waals surface area contributed by atoms with Crippen molar-refractivity contribution in [2.45, 2.75) is 33.2 Å². The lowest BCUT2D eigenvalue weighted by atomic mass is 10.1. The molecule has 4 nitrogen and oxygen atoms in total. The predicted molar refractivity (Wildman–Crippen MR) is 70.3 cm³/mol. The summed E-state index contributed by atoms with van der Waals surface area (Å²) in [5.41, 5.74) is 2.77. The van der Waals surface area contributed by atoms with E-state index < -0.39 is 0 Å². The van der Waals surface area contributed by atoms with Crippen molar-refractivity contribution >= 4 is 0 Å². The zero-order valence-electron chi connectivity index (χ0n) is 10.9. The molecular formula is C14H19N3O. The Hall–Kier alpha value is -1.68. The smallest absolute Gasteiger partial charge is 0.223 e. The van der Waals surface area contributed by atoms with Gasteiger partial charge in [-0.05, 0) is 17.5 Å². The van der Waals surface area contributed by atoms with Crippen LogP contribution in [0.4, 0.5) is 0 Å². The monoisotopic (exact) mass is 245 g/mol. The Kier molecular flexibility index (Phi) is 4.47. The van der Waals surface area contributed by atoms with Crippen molar-refractivity contribution in [3.63, 3.8) is 0 Å². The molecule has 18 heavy (non-hydrogen) atoms. The maximum Gasteiger partial charge on any atom is 0.223 e. The summed E-state index contributed by atoms with van der Waals surface area (Å²) in [5.74, 6) is 1.39. The Bertz CT molecular complexity index is 493. The van der Waals surface area contributed by atoms with E-state index in [9.17, 15) is 0 Å². The number of hydrogen-bond acceptors (Lipinski definition) is 4. The lowest BCUT2D eigenvalue weighted by molar-refractivity contribution is 0.387. The fourth-order valence-electron chi connectivity index (χ4n) is 1.94. The molecule has 1 heterocycles.